The van der Waals surface area contributed by atoms with E-state index in [0.29, 0.717) is 29.0 Å². The summed E-state index contributed by atoms with van der Waals surface area (Å²) in [7, 11) is 0. The number of carbonyl (C=O) groups excluding carboxylic acids is 1. The number of benzene rings is 3. The van der Waals surface area contributed by atoms with Crippen LogP contribution in [0.2, 0.25) is 0 Å². The molecule has 3 N–H and O–H groups in total. The number of anilines is 1. The summed E-state index contributed by atoms with van der Waals surface area (Å²) in [5.41, 5.74) is 3.44. The number of rotatable bonds is 8. The van der Waals surface area contributed by atoms with E-state index in [1.54, 1.807) is 0 Å². The van der Waals surface area contributed by atoms with Crippen molar-refractivity contribution in [2.45, 2.75) is 24.3 Å². The van der Waals surface area contributed by atoms with Gasteiger partial charge in [-0.1, -0.05) is 84.1 Å². The lowest BCUT2D eigenvalue weighted by Gasteiger charge is -2.18. The number of nitrogens with one attached hydrogen (secondary N) is 1. The van der Waals surface area contributed by atoms with Gasteiger partial charge in [0.05, 0.1) is 12.3 Å². The molecule has 1 heterocycles. The van der Waals surface area contributed by atoms with E-state index in [1.165, 1.54) is 16.4 Å². The van der Waals surface area contributed by atoms with E-state index < -0.39 is 5.25 Å². The van der Waals surface area contributed by atoms with Gasteiger partial charge < -0.3 is 15.9 Å². The van der Waals surface area contributed by atoms with Gasteiger partial charge in [-0.05, 0) is 31.5 Å². The van der Waals surface area contributed by atoms with E-state index in [1.807, 2.05) is 92.7 Å². The topological polar surface area (TPSA) is 95.1 Å². The van der Waals surface area contributed by atoms with E-state index in [9.17, 15) is 4.79 Å². The summed E-state index contributed by atoms with van der Waals surface area (Å²) in [6.07, 6.45) is 0. The van der Waals surface area contributed by atoms with Gasteiger partial charge in [0.2, 0.25) is 11.1 Å². The first kappa shape index (κ1) is 22.4. The van der Waals surface area contributed by atoms with Crippen LogP contribution in [0.1, 0.15) is 23.3 Å². The van der Waals surface area contributed by atoms with Crippen LogP contribution in [0.5, 0.6) is 5.75 Å². The number of nitrogen functional groups attached to an aromatic ring is 1. The summed E-state index contributed by atoms with van der Waals surface area (Å²) in [6.45, 7) is 4.42. The molecular weight excluding hydrogens is 434 g/mol. The summed E-state index contributed by atoms with van der Waals surface area (Å²) in [5, 5.41) is 11.4. The SMILES string of the molecule is CCOc1ccccc1NC(=O)[C@H](Sc1nnc(-c2ccc(C)cc2)n1N)c1ccccc1. The minimum Gasteiger partial charge on any atom is -0.492 e. The van der Waals surface area contributed by atoms with Crippen LogP contribution in [0.15, 0.2) is 84.0 Å². The zero-order valence-electron chi connectivity index (χ0n) is 18.4. The second-order valence-electron chi connectivity index (χ2n) is 7.37. The van der Waals surface area contributed by atoms with Gasteiger partial charge in [-0.2, -0.15) is 0 Å². The minimum atomic E-state index is -0.599. The average Bonchev–Trinajstić information content (AvgIpc) is 3.20. The first-order valence-corrected chi connectivity index (χ1v) is 11.5. The Bertz CT molecular complexity index is 1230. The van der Waals surface area contributed by atoms with Crippen LogP contribution >= 0.6 is 11.8 Å². The number of nitrogens with zero attached hydrogens (tertiary/aromatic N) is 3. The molecule has 8 heteroatoms. The zero-order chi connectivity index (χ0) is 23.2. The number of para-hydroxylation sites is 2. The highest BCUT2D eigenvalue weighted by molar-refractivity contribution is 8.00. The molecule has 0 spiro atoms. The molecule has 1 amide bonds. The number of ether oxygens (including phenoxy) is 1. The van der Waals surface area contributed by atoms with E-state index in [4.69, 9.17) is 10.6 Å². The molecule has 7 nitrogen and oxygen atoms in total. The Labute approximate surface area is 197 Å². The van der Waals surface area contributed by atoms with Gasteiger partial charge >= 0.3 is 0 Å². The molecule has 1 aromatic heterocycles. The second-order valence-corrected chi connectivity index (χ2v) is 8.44. The lowest BCUT2D eigenvalue weighted by molar-refractivity contribution is -0.115. The smallest absolute Gasteiger partial charge is 0.242 e. The quantitative estimate of drug-likeness (QED) is 0.289. The highest BCUT2D eigenvalue weighted by atomic mass is 32.2. The number of carbonyl (C=O) groups is 1. The van der Waals surface area contributed by atoms with E-state index in [-0.39, 0.29) is 5.91 Å². The zero-order valence-corrected chi connectivity index (χ0v) is 19.3. The Hall–Kier alpha value is -3.78. The molecule has 0 bridgehead atoms. The van der Waals surface area contributed by atoms with Crippen molar-refractivity contribution in [3.05, 3.63) is 90.0 Å². The highest BCUT2D eigenvalue weighted by Gasteiger charge is 2.26. The van der Waals surface area contributed by atoms with Crippen LogP contribution in [0.25, 0.3) is 11.4 Å². The van der Waals surface area contributed by atoms with Gasteiger partial charge in [0.25, 0.3) is 0 Å². The van der Waals surface area contributed by atoms with Crippen molar-refractivity contribution in [3.8, 4) is 17.1 Å². The molecule has 4 aromatic rings. The van der Waals surface area contributed by atoms with Crippen molar-refractivity contribution >= 4 is 23.4 Å². The molecule has 0 saturated heterocycles. The van der Waals surface area contributed by atoms with E-state index in [0.717, 1.165) is 16.7 Å². The largest absolute Gasteiger partial charge is 0.492 e. The normalized spacial score (nSPS) is 11.7. The molecule has 0 aliphatic carbocycles. The monoisotopic (exact) mass is 459 g/mol. The van der Waals surface area contributed by atoms with Crippen LogP contribution in [0.4, 0.5) is 5.69 Å². The van der Waals surface area contributed by atoms with Crippen LogP contribution < -0.4 is 15.9 Å². The third kappa shape index (κ3) is 5.18. The predicted molar refractivity (Wildman–Crippen MR) is 132 cm³/mol. The van der Waals surface area contributed by atoms with Gasteiger partial charge in [0.1, 0.15) is 11.0 Å². The Balaban J connectivity index is 1.63. The molecule has 0 aliphatic heterocycles. The van der Waals surface area contributed by atoms with Crippen LogP contribution in [0.3, 0.4) is 0 Å². The number of aryl methyl sites for hydroxylation is 1. The highest BCUT2D eigenvalue weighted by Crippen LogP contribution is 2.37. The van der Waals surface area contributed by atoms with Crippen molar-refractivity contribution in [1.82, 2.24) is 14.9 Å². The Morgan fingerprint density at radius 2 is 1.73 bits per heavy atom. The lowest BCUT2D eigenvalue weighted by atomic mass is 10.1. The van der Waals surface area contributed by atoms with Crippen LogP contribution in [0, 0.1) is 6.92 Å². The fourth-order valence-corrected chi connectivity index (χ4v) is 4.27. The maximum Gasteiger partial charge on any atom is 0.242 e. The van der Waals surface area contributed by atoms with Crippen molar-refractivity contribution in [2.75, 3.05) is 17.8 Å². The van der Waals surface area contributed by atoms with Crippen molar-refractivity contribution in [2.24, 2.45) is 0 Å². The van der Waals surface area contributed by atoms with Crippen molar-refractivity contribution in [3.63, 3.8) is 0 Å². The van der Waals surface area contributed by atoms with Gasteiger partial charge in [-0.15, -0.1) is 10.2 Å². The Morgan fingerprint density at radius 1 is 1.03 bits per heavy atom. The average molecular weight is 460 g/mol. The molecule has 4 rings (SSSR count). The minimum absolute atomic E-state index is 0.210. The molecule has 0 aliphatic rings. The maximum absolute atomic E-state index is 13.4. The standard InChI is InChI=1S/C25H25N5O2S/c1-3-32-21-12-8-7-11-20(21)27-24(31)22(18-9-5-4-6-10-18)33-25-29-28-23(30(25)26)19-15-13-17(2)14-16-19/h4-16,22H,3,26H2,1-2H3,(H,27,31)/t22-/m1/s1. The van der Waals surface area contributed by atoms with Gasteiger partial charge in [-0.25, -0.2) is 4.68 Å². The number of thioether (sulfide) groups is 1. The molecule has 0 saturated carbocycles. The van der Waals surface area contributed by atoms with Gasteiger partial charge in [0.15, 0.2) is 5.82 Å². The number of aromatic nitrogens is 3. The molecule has 3 aromatic carbocycles. The summed E-state index contributed by atoms with van der Waals surface area (Å²) >= 11 is 1.25. The lowest BCUT2D eigenvalue weighted by Crippen LogP contribution is -2.21. The number of hydrogen-bond acceptors (Lipinski definition) is 6. The summed E-state index contributed by atoms with van der Waals surface area (Å²) in [6, 6.07) is 24.8. The molecule has 0 radical (unpaired) electrons. The molecule has 0 unspecified atom stereocenters. The Kier molecular flexibility index (Phi) is 6.95. The summed E-state index contributed by atoms with van der Waals surface area (Å²) in [4.78, 5) is 13.4. The van der Waals surface area contributed by atoms with Crippen molar-refractivity contribution < 1.29 is 9.53 Å². The third-order valence-electron chi connectivity index (χ3n) is 4.98. The van der Waals surface area contributed by atoms with E-state index >= 15 is 0 Å². The fraction of sp³-hybridized carbons (Fsp3) is 0.160. The molecule has 168 valence electrons. The second kappa shape index (κ2) is 10.2. The molecule has 1 atom stereocenters. The first-order chi connectivity index (χ1) is 16.1. The number of amides is 1. The van der Waals surface area contributed by atoms with Gasteiger partial charge in [0, 0.05) is 5.56 Å². The third-order valence-corrected chi connectivity index (χ3v) is 6.19. The molecule has 33 heavy (non-hydrogen) atoms. The Morgan fingerprint density at radius 3 is 2.45 bits per heavy atom. The maximum atomic E-state index is 13.4. The fourth-order valence-electron chi connectivity index (χ4n) is 3.31. The van der Waals surface area contributed by atoms with E-state index in [2.05, 4.69) is 15.5 Å². The number of nitrogens with two attached hydrogens (primary N) is 1. The first-order valence-electron chi connectivity index (χ1n) is 10.6. The van der Waals surface area contributed by atoms with Gasteiger partial charge in [-0.3, -0.25) is 4.79 Å². The molecular formula is C25H25N5O2S. The van der Waals surface area contributed by atoms with Crippen LogP contribution in [-0.4, -0.2) is 27.4 Å². The number of hydrogen-bond donors (Lipinski definition) is 2. The molecule has 0 fully saturated rings. The summed E-state index contributed by atoms with van der Waals surface area (Å²) in [5.74, 6) is 7.28. The predicted octanol–water partition coefficient (Wildman–Crippen LogP) is 4.84. The van der Waals surface area contributed by atoms with Crippen LogP contribution in [-0.2, 0) is 4.79 Å². The summed E-state index contributed by atoms with van der Waals surface area (Å²) < 4.78 is 7.08. The van der Waals surface area contributed by atoms with Crippen molar-refractivity contribution in [1.29, 1.82) is 0 Å².